The summed E-state index contributed by atoms with van der Waals surface area (Å²) in [7, 11) is 6.06. The van der Waals surface area contributed by atoms with Gasteiger partial charge in [0.25, 0.3) is 0 Å². The number of nitrogens with zero attached hydrogens (tertiary/aromatic N) is 2. The minimum absolute atomic E-state index is 0.174. The highest BCUT2D eigenvalue weighted by molar-refractivity contribution is 4.66. The summed E-state index contributed by atoms with van der Waals surface area (Å²) >= 11 is 0. The standard InChI is InChI=1S/C11H26N4O/c1-14-7-6-12-4-5-13-10-11(16-3)15(2)9-8-14/h11-13H,4-10H2,1-3H3. The van der Waals surface area contributed by atoms with Gasteiger partial charge in [0, 0.05) is 52.9 Å². The quantitative estimate of drug-likeness (QED) is 0.606. The molecule has 96 valence electrons. The number of likely N-dealkylation sites (N-methyl/N-ethyl adjacent to an activating group) is 2. The average molecular weight is 230 g/mol. The summed E-state index contributed by atoms with van der Waals surface area (Å²) in [4.78, 5) is 4.61. The van der Waals surface area contributed by atoms with E-state index < -0.39 is 0 Å². The van der Waals surface area contributed by atoms with Gasteiger partial charge in [0.15, 0.2) is 0 Å². The van der Waals surface area contributed by atoms with E-state index in [0.717, 1.165) is 45.8 Å². The monoisotopic (exact) mass is 230 g/mol. The Morgan fingerprint density at radius 2 is 1.75 bits per heavy atom. The van der Waals surface area contributed by atoms with Gasteiger partial charge >= 0.3 is 0 Å². The maximum atomic E-state index is 5.47. The number of nitrogens with one attached hydrogen (secondary N) is 2. The third-order valence-electron chi connectivity index (χ3n) is 3.07. The average Bonchev–Trinajstić information content (AvgIpc) is 2.28. The van der Waals surface area contributed by atoms with Crippen LogP contribution in [0.2, 0.25) is 0 Å². The third kappa shape index (κ3) is 5.23. The lowest BCUT2D eigenvalue weighted by Gasteiger charge is -2.29. The van der Waals surface area contributed by atoms with Crippen molar-refractivity contribution >= 4 is 0 Å². The lowest BCUT2D eigenvalue weighted by Crippen LogP contribution is -2.47. The zero-order valence-electron chi connectivity index (χ0n) is 10.8. The molecule has 1 fully saturated rings. The van der Waals surface area contributed by atoms with E-state index >= 15 is 0 Å². The molecule has 1 saturated heterocycles. The molecule has 0 aromatic carbocycles. The smallest absolute Gasteiger partial charge is 0.122 e. The maximum Gasteiger partial charge on any atom is 0.122 e. The maximum absolute atomic E-state index is 5.47. The summed E-state index contributed by atoms with van der Waals surface area (Å²) < 4.78 is 5.47. The molecule has 0 aromatic heterocycles. The Labute approximate surface area is 99.1 Å². The minimum atomic E-state index is 0.174. The van der Waals surface area contributed by atoms with E-state index in [2.05, 4.69) is 34.5 Å². The highest BCUT2D eigenvalue weighted by Gasteiger charge is 2.13. The van der Waals surface area contributed by atoms with Crippen molar-refractivity contribution in [2.24, 2.45) is 0 Å². The first-order valence-corrected chi connectivity index (χ1v) is 6.07. The van der Waals surface area contributed by atoms with Gasteiger partial charge in [0.05, 0.1) is 0 Å². The van der Waals surface area contributed by atoms with Crippen molar-refractivity contribution in [2.45, 2.75) is 6.23 Å². The molecule has 0 bridgehead atoms. The fourth-order valence-electron chi connectivity index (χ4n) is 1.80. The molecule has 0 saturated carbocycles. The molecule has 0 aromatic rings. The Balaban J connectivity index is 2.39. The van der Waals surface area contributed by atoms with E-state index in [1.807, 2.05) is 0 Å². The molecule has 0 spiro atoms. The zero-order chi connectivity index (χ0) is 11.8. The molecule has 1 aliphatic heterocycles. The molecule has 1 atom stereocenters. The summed E-state index contributed by atoms with van der Waals surface area (Å²) in [6, 6.07) is 0. The molecule has 1 heterocycles. The molecule has 2 N–H and O–H groups in total. The molecule has 5 nitrogen and oxygen atoms in total. The van der Waals surface area contributed by atoms with Crippen LogP contribution in [0.5, 0.6) is 0 Å². The number of methoxy groups -OCH3 is 1. The van der Waals surface area contributed by atoms with Crippen molar-refractivity contribution in [1.82, 2.24) is 20.4 Å². The predicted octanol–water partition coefficient (Wildman–Crippen LogP) is -0.985. The van der Waals surface area contributed by atoms with Crippen molar-refractivity contribution in [3.63, 3.8) is 0 Å². The molecular weight excluding hydrogens is 204 g/mol. The van der Waals surface area contributed by atoms with Gasteiger partial charge in [-0.3, -0.25) is 4.90 Å². The summed E-state index contributed by atoms with van der Waals surface area (Å²) in [5.41, 5.74) is 0. The molecule has 16 heavy (non-hydrogen) atoms. The van der Waals surface area contributed by atoms with E-state index in [4.69, 9.17) is 4.74 Å². The Hall–Kier alpha value is -0.200. The Morgan fingerprint density at radius 3 is 2.50 bits per heavy atom. The Morgan fingerprint density at radius 1 is 1.00 bits per heavy atom. The van der Waals surface area contributed by atoms with Gasteiger partial charge < -0.3 is 20.3 Å². The van der Waals surface area contributed by atoms with Crippen LogP contribution < -0.4 is 10.6 Å². The van der Waals surface area contributed by atoms with Gasteiger partial charge in [-0.05, 0) is 14.1 Å². The van der Waals surface area contributed by atoms with Gasteiger partial charge in [0.1, 0.15) is 6.23 Å². The van der Waals surface area contributed by atoms with Crippen molar-refractivity contribution in [1.29, 1.82) is 0 Å². The number of ether oxygens (including phenoxy) is 1. The van der Waals surface area contributed by atoms with Crippen LogP contribution in [0.25, 0.3) is 0 Å². The molecular formula is C11H26N4O. The second kappa shape index (κ2) is 7.97. The second-order valence-corrected chi connectivity index (χ2v) is 4.43. The Kier molecular flexibility index (Phi) is 6.91. The molecule has 1 rings (SSSR count). The highest BCUT2D eigenvalue weighted by atomic mass is 16.5. The first-order valence-electron chi connectivity index (χ1n) is 6.07. The summed E-state index contributed by atoms with van der Waals surface area (Å²) in [6.07, 6.45) is 0.174. The third-order valence-corrected chi connectivity index (χ3v) is 3.07. The number of rotatable bonds is 1. The van der Waals surface area contributed by atoms with Crippen LogP contribution in [-0.4, -0.2) is 83.0 Å². The normalized spacial score (nSPS) is 28.3. The van der Waals surface area contributed by atoms with E-state index in [0.29, 0.717) is 0 Å². The lowest BCUT2D eigenvalue weighted by molar-refractivity contribution is -0.0191. The fourth-order valence-corrected chi connectivity index (χ4v) is 1.80. The van der Waals surface area contributed by atoms with Crippen LogP contribution in [-0.2, 0) is 4.74 Å². The van der Waals surface area contributed by atoms with Gasteiger partial charge in [-0.1, -0.05) is 0 Å². The van der Waals surface area contributed by atoms with E-state index in [1.54, 1.807) is 7.11 Å². The van der Waals surface area contributed by atoms with Gasteiger partial charge in [0.2, 0.25) is 0 Å². The second-order valence-electron chi connectivity index (χ2n) is 4.43. The van der Waals surface area contributed by atoms with Gasteiger partial charge in [-0.15, -0.1) is 0 Å². The molecule has 0 aliphatic carbocycles. The first kappa shape index (κ1) is 13.9. The molecule has 1 unspecified atom stereocenters. The van der Waals surface area contributed by atoms with Gasteiger partial charge in [-0.25, -0.2) is 0 Å². The van der Waals surface area contributed by atoms with Crippen molar-refractivity contribution in [3.05, 3.63) is 0 Å². The van der Waals surface area contributed by atoms with Crippen LogP contribution in [0.3, 0.4) is 0 Å². The lowest BCUT2D eigenvalue weighted by atomic mass is 10.4. The summed E-state index contributed by atoms with van der Waals surface area (Å²) in [5.74, 6) is 0. The SMILES string of the molecule is COC1CNCCNCCN(C)CCN1C. The van der Waals surface area contributed by atoms with Crippen molar-refractivity contribution < 1.29 is 4.74 Å². The van der Waals surface area contributed by atoms with Crippen molar-refractivity contribution in [3.8, 4) is 0 Å². The van der Waals surface area contributed by atoms with Crippen LogP contribution in [0.4, 0.5) is 0 Å². The van der Waals surface area contributed by atoms with E-state index in [9.17, 15) is 0 Å². The van der Waals surface area contributed by atoms with Crippen molar-refractivity contribution in [2.75, 3.05) is 67.0 Å². The van der Waals surface area contributed by atoms with Crippen LogP contribution in [0.1, 0.15) is 0 Å². The van der Waals surface area contributed by atoms with Crippen LogP contribution in [0, 0.1) is 0 Å². The van der Waals surface area contributed by atoms with Crippen LogP contribution in [0.15, 0.2) is 0 Å². The highest BCUT2D eigenvalue weighted by Crippen LogP contribution is 1.97. The topological polar surface area (TPSA) is 39.8 Å². The first-order chi connectivity index (χ1) is 7.74. The minimum Gasteiger partial charge on any atom is -0.365 e. The Bertz CT molecular complexity index is 179. The largest absolute Gasteiger partial charge is 0.365 e. The molecule has 5 heteroatoms. The number of hydrogen-bond acceptors (Lipinski definition) is 5. The van der Waals surface area contributed by atoms with Crippen LogP contribution >= 0.6 is 0 Å². The summed E-state index contributed by atoms with van der Waals surface area (Å²) in [6.45, 7) is 7.19. The zero-order valence-corrected chi connectivity index (χ0v) is 10.8. The fraction of sp³-hybridized carbons (Fsp3) is 1.00. The molecule has 1 aliphatic rings. The van der Waals surface area contributed by atoms with E-state index in [-0.39, 0.29) is 6.23 Å². The van der Waals surface area contributed by atoms with Gasteiger partial charge in [-0.2, -0.15) is 0 Å². The van der Waals surface area contributed by atoms with E-state index in [1.165, 1.54) is 0 Å². The number of hydrogen-bond donors (Lipinski definition) is 2. The molecule has 0 amide bonds. The molecule has 0 radical (unpaired) electrons. The predicted molar refractivity (Wildman–Crippen MR) is 66.7 cm³/mol. The summed E-state index contributed by atoms with van der Waals surface area (Å²) in [5, 5.41) is 6.82.